The van der Waals surface area contributed by atoms with Crippen LogP contribution in [0, 0.1) is 0 Å². The quantitative estimate of drug-likeness (QED) is 0.259. The first-order valence-electron chi connectivity index (χ1n) is 6.77. The number of hydrogen-bond acceptors (Lipinski definition) is 8. The van der Waals surface area contributed by atoms with Gasteiger partial charge in [0.15, 0.2) is 17.4 Å². The molecule has 3 rings (SSSR count). The minimum absolute atomic E-state index is 0.286. The summed E-state index contributed by atoms with van der Waals surface area (Å²) in [7, 11) is -4.85. The highest BCUT2D eigenvalue weighted by Crippen LogP contribution is 2.38. The molecule has 0 amide bonds. The lowest BCUT2D eigenvalue weighted by Crippen LogP contribution is -2.35. The normalized spacial score (nSPS) is 27.2. The predicted octanol–water partition coefficient (Wildman–Crippen LogP) is -3.57. The summed E-state index contributed by atoms with van der Waals surface area (Å²) in [5, 5.41) is 20.0. The van der Waals surface area contributed by atoms with Crippen LogP contribution in [0.25, 0.3) is 11.2 Å². The van der Waals surface area contributed by atoms with E-state index in [1.807, 2.05) is 4.98 Å². The zero-order valence-electron chi connectivity index (χ0n) is 12.1. The molecule has 14 nitrogen and oxygen atoms in total. The van der Waals surface area contributed by atoms with E-state index in [0.717, 1.165) is 0 Å². The van der Waals surface area contributed by atoms with Crippen LogP contribution in [0.4, 0.5) is 0 Å². The number of phosphoric acid groups is 1. The molecule has 1 aliphatic heterocycles. The zero-order chi connectivity index (χ0) is 18.5. The van der Waals surface area contributed by atoms with Crippen molar-refractivity contribution >= 4 is 19.0 Å². The molecule has 1 fully saturated rings. The first-order valence-corrected chi connectivity index (χ1v) is 8.30. The third kappa shape index (κ3) is 3.23. The van der Waals surface area contributed by atoms with Gasteiger partial charge in [0.2, 0.25) is 0 Å². The number of H-pyrrole nitrogens is 3. The maximum Gasteiger partial charge on any atom is 0.469 e. The van der Waals surface area contributed by atoms with Crippen molar-refractivity contribution in [2.45, 2.75) is 24.5 Å². The molecule has 1 unspecified atom stereocenters. The van der Waals surface area contributed by atoms with Crippen molar-refractivity contribution in [1.82, 2.24) is 19.5 Å². The van der Waals surface area contributed by atoms with Gasteiger partial charge in [-0.3, -0.25) is 24.3 Å². The number of phosphoric ester groups is 1. The van der Waals surface area contributed by atoms with E-state index in [2.05, 4.69) is 14.5 Å². The summed E-state index contributed by atoms with van der Waals surface area (Å²) >= 11 is 0. The van der Waals surface area contributed by atoms with Crippen molar-refractivity contribution in [3.05, 3.63) is 31.3 Å². The van der Waals surface area contributed by atoms with Crippen molar-refractivity contribution < 1.29 is 33.8 Å². The van der Waals surface area contributed by atoms with Crippen molar-refractivity contribution in [2.24, 2.45) is 0 Å². The number of aromatic nitrogens is 4. The van der Waals surface area contributed by atoms with Crippen LogP contribution in [0.15, 0.2) is 14.4 Å². The average Bonchev–Trinajstić information content (AvgIpc) is 2.95. The molecule has 25 heavy (non-hydrogen) atoms. The summed E-state index contributed by atoms with van der Waals surface area (Å²) in [6.07, 6.45) is -6.27. The summed E-state index contributed by atoms with van der Waals surface area (Å²) in [4.78, 5) is 58.8. The van der Waals surface area contributed by atoms with Gasteiger partial charge >= 0.3 is 19.2 Å². The minimum Gasteiger partial charge on any atom is -0.387 e. The van der Waals surface area contributed by atoms with Crippen molar-refractivity contribution in [3.8, 4) is 0 Å². The lowest BCUT2D eigenvalue weighted by Gasteiger charge is -2.15. The van der Waals surface area contributed by atoms with Crippen LogP contribution >= 0.6 is 7.82 Å². The summed E-state index contributed by atoms with van der Waals surface area (Å²) in [5.41, 5.74) is -3.30. The molecule has 1 aliphatic rings. The SMILES string of the molecule is O=c1[nH]c(=O)c2[nH]c(=O)n(C3O[C@H](COP(=O)(O)O)[C@H](O)[C@H]3O)c2[nH]1. The van der Waals surface area contributed by atoms with Crippen molar-refractivity contribution in [1.29, 1.82) is 0 Å². The third-order valence-electron chi connectivity index (χ3n) is 3.61. The minimum atomic E-state index is -4.85. The fourth-order valence-corrected chi connectivity index (χ4v) is 2.87. The lowest BCUT2D eigenvalue weighted by atomic mass is 10.1. The number of rotatable bonds is 4. The molecule has 0 radical (unpaired) electrons. The third-order valence-corrected chi connectivity index (χ3v) is 4.10. The van der Waals surface area contributed by atoms with Crippen molar-refractivity contribution in [2.75, 3.05) is 6.61 Å². The second-order valence-electron chi connectivity index (χ2n) is 5.26. The molecule has 15 heteroatoms. The summed E-state index contributed by atoms with van der Waals surface area (Å²) in [6.45, 7) is -0.771. The number of hydrogen-bond donors (Lipinski definition) is 7. The molecular formula is C10H13N4O10P. The number of aromatic amines is 3. The molecular weight excluding hydrogens is 367 g/mol. The molecule has 0 aliphatic carbocycles. The Kier molecular flexibility index (Phi) is 4.28. The average molecular weight is 380 g/mol. The Bertz CT molecular complexity index is 1010. The largest absolute Gasteiger partial charge is 0.469 e. The van der Waals surface area contributed by atoms with Gasteiger partial charge < -0.3 is 24.7 Å². The molecule has 2 aromatic rings. The van der Waals surface area contributed by atoms with E-state index in [0.29, 0.717) is 4.57 Å². The van der Waals surface area contributed by atoms with E-state index in [9.17, 15) is 29.2 Å². The molecule has 2 aromatic heterocycles. The van der Waals surface area contributed by atoms with Gasteiger partial charge in [-0.1, -0.05) is 0 Å². The number of nitrogens with one attached hydrogen (secondary N) is 3. The number of ether oxygens (including phenoxy) is 1. The molecule has 4 atom stereocenters. The summed E-state index contributed by atoms with van der Waals surface area (Å²) in [6, 6.07) is 0. The number of fused-ring (bicyclic) bond motifs is 1. The van der Waals surface area contributed by atoms with E-state index >= 15 is 0 Å². The molecule has 3 heterocycles. The van der Waals surface area contributed by atoms with Crippen LogP contribution in [0.3, 0.4) is 0 Å². The highest BCUT2D eigenvalue weighted by atomic mass is 31.2. The molecule has 0 bridgehead atoms. The highest BCUT2D eigenvalue weighted by molar-refractivity contribution is 7.46. The maximum absolute atomic E-state index is 12.1. The van der Waals surface area contributed by atoms with Crippen LogP contribution < -0.4 is 16.9 Å². The first kappa shape index (κ1) is 17.8. The monoisotopic (exact) mass is 380 g/mol. The Balaban J connectivity index is 2.00. The smallest absolute Gasteiger partial charge is 0.387 e. The van der Waals surface area contributed by atoms with Gasteiger partial charge in [-0.25, -0.2) is 18.7 Å². The number of aliphatic hydroxyl groups is 2. The van der Waals surface area contributed by atoms with Gasteiger partial charge in [-0.05, 0) is 0 Å². The second-order valence-corrected chi connectivity index (χ2v) is 6.50. The van der Waals surface area contributed by atoms with E-state index in [-0.39, 0.29) is 11.2 Å². The van der Waals surface area contributed by atoms with Gasteiger partial charge in [0.1, 0.15) is 18.3 Å². The van der Waals surface area contributed by atoms with Gasteiger partial charge in [0, 0.05) is 0 Å². The highest BCUT2D eigenvalue weighted by Gasteiger charge is 2.45. The van der Waals surface area contributed by atoms with Gasteiger partial charge in [0.05, 0.1) is 6.61 Å². The number of nitrogens with zero attached hydrogens (tertiary/aromatic N) is 1. The Morgan fingerprint density at radius 3 is 2.44 bits per heavy atom. The van der Waals surface area contributed by atoms with Crippen molar-refractivity contribution in [3.63, 3.8) is 0 Å². The lowest BCUT2D eigenvalue weighted by molar-refractivity contribution is -0.0517. The van der Waals surface area contributed by atoms with E-state index in [1.165, 1.54) is 0 Å². The Hall–Kier alpha value is -2.06. The Labute approximate surface area is 135 Å². The fraction of sp³-hybridized carbons (Fsp3) is 0.500. The Morgan fingerprint density at radius 1 is 1.12 bits per heavy atom. The van der Waals surface area contributed by atoms with Crippen LogP contribution in [-0.2, 0) is 13.8 Å². The molecule has 0 aromatic carbocycles. The second kappa shape index (κ2) is 6.03. The maximum atomic E-state index is 12.1. The predicted molar refractivity (Wildman–Crippen MR) is 77.7 cm³/mol. The van der Waals surface area contributed by atoms with Gasteiger partial charge in [0.25, 0.3) is 5.56 Å². The van der Waals surface area contributed by atoms with Crippen LogP contribution in [0.2, 0.25) is 0 Å². The number of aliphatic hydroxyl groups excluding tert-OH is 2. The van der Waals surface area contributed by atoms with Crippen LogP contribution in [0.5, 0.6) is 0 Å². The number of imidazole rings is 1. The van der Waals surface area contributed by atoms with Crippen LogP contribution in [0.1, 0.15) is 6.23 Å². The molecule has 7 N–H and O–H groups in total. The zero-order valence-corrected chi connectivity index (χ0v) is 13.0. The fourth-order valence-electron chi connectivity index (χ4n) is 2.53. The standard InChI is InChI=1S/C10H13N4O10P/c15-4-2(1-23-25(20,21)22)24-8(5(4)16)14-6-3(11-10(14)19)7(17)13-9(18)12-6/h2,4-5,8,15-16H,1H2,(H,11,19)(H2,20,21,22)(H2,12,13,17,18)/t2-,4+,5-,8?/m1/s1. The van der Waals surface area contributed by atoms with Gasteiger partial charge in [-0.2, -0.15) is 0 Å². The van der Waals surface area contributed by atoms with E-state index < -0.39 is 55.9 Å². The molecule has 0 saturated carbocycles. The molecule has 0 spiro atoms. The topological polar surface area (TPSA) is 220 Å². The first-order chi connectivity index (χ1) is 11.6. The van der Waals surface area contributed by atoms with E-state index in [1.54, 1.807) is 0 Å². The van der Waals surface area contributed by atoms with Crippen LogP contribution in [-0.4, -0.2) is 64.4 Å². The summed E-state index contributed by atoms with van der Waals surface area (Å²) < 4.78 is 20.9. The molecule has 1 saturated heterocycles. The molecule has 138 valence electrons. The Morgan fingerprint density at radius 2 is 1.80 bits per heavy atom. The van der Waals surface area contributed by atoms with E-state index in [4.69, 9.17) is 14.5 Å². The summed E-state index contributed by atoms with van der Waals surface area (Å²) in [5.74, 6) is 0. The van der Waals surface area contributed by atoms with Gasteiger partial charge in [-0.15, -0.1) is 0 Å².